The Kier molecular flexibility index (Phi) is 6.16. The SMILES string of the molecule is CCN(CC)C(=O)c1ccc(C2=CC3(CCNCC3)OC3=CC=CCC(OC)=C32)s1. The lowest BCUT2D eigenvalue weighted by atomic mass is 9.84. The molecule has 160 valence electrons. The number of allylic oxidation sites excluding steroid dienone is 4. The molecule has 0 atom stereocenters. The maximum atomic E-state index is 12.9. The van der Waals surface area contributed by atoms with Gasteiger partial charge in [-0.1, -0.05) is 12.2 Å². The quantitative estimate of drug-likeness (QED) is 0.753. The Morgan fingerprint density at radius 1 is 1.27 bits per heavy atom. The van der Waals surface area contributed by atoms with Crippen LogP contribution in [0.2, 0.25) is 0 Å². The molecule has 1 aromatic rings. The van der Waals surface area contributed by atoms with Gasteiger partial charge in [0.05, 0.1) is 17.6 Å². The summed E-state index contributed by atoms with van der Waals surface area (Å²) in [5.74, 6) is 1.86. The number of nitrogens with zero attached hydrogens (tertiary/aromatic N) is 1. The van der Waals surface area contributed by atoms with E-state index in [0.717, 1.165) is 64.8 Å². The maximum Gasteiger partial charge on any atom is 0.263 e. The summed E-state index contributed by atoms with van der Waals surface area (Å²) in [5, 5.41) is 3.43. The van der Waals surface area contributed by atoms with Gasteiger partial charge in [0.15, 0.2) is 0 Å². The maximum absolute atomic E-state index is 12.9. The second kappa shape index (κ2) is 8.82. The highest BCUT2D eigenvalue weighted by molar-refractivity contribution is 7.15. The molecule has 1 aliphatic carbocycles. The van der Waals surface area contributed by atoms with Crippen molar-refractivity contribution < 1.29 is 14.3 Å². The molecule has 6 heteroatoms. The predicted octanol–water partition coefficient (Wildman–Crippen LogP) is 4.51. The molecule has 3 aliphatic rings. The standard InChI is InChI=1S/C24H30N2O3S/c1-4-26(5-2)23(27)21-11-10-20(30-21)17-16-24(12-14-25-15-13-24)29-19-9-7-6-8-18(28-3)22(17)19/h6-7,9-11,16,25H,4-5,8,12-15H2,1-3H3. The molecule has 4 rings (SSSR count). The van der Waals surface area contributed by atoms with E-state index in [0.29, 0.717) is 13.1 Å². The summed E-state index contributed by atoms with van der Waals surface area (Å²) in [6, 6.07) is 4.03. The van der Waals surface area contributed by atoms with Gasteiger partial charge in [0.25, 0.3) is 5.91 Å². The number of hydrogen-bond acceptors (Lipinski definition) is 5. The van der Waals surface area contributed by atoms with Crippen LogP contribution in [-0.4, -0.2) is 49.7 Å². The summed E-state index contributed by atoms with van der Waals surface area (Å²) in [4.78, 5) is 16.6. The lowest BCUT2D eigenvalue weighted by Crippen LogP contribution is -2.44. The molecule has 5 nitrogen and oxygen atoms in total. The zero-order valence-corrected chi connectivity index (χ0v) is 18.8. The van der Waals surface area contributed by atoms with Crippen LogP contribution >= 0.6 is 11.3 Å². The Hall–Kier alpha value is -2.31. The first kappa shape index (κ1) is 20.9. The van der Waals surface area contributed by atoms with Gasteiger partial charge in [-0.05, 0) is 51.2 Å². The van der Waals surface area contributed by atoms with E-state index in [-0.39, 0.29) is 11.5 Å². The number of fused-ring (bicyclic) bond motifs is 1. The first-order chi connectivity index (χ1) is 14.6. The van der Waals surface area contributed by atoms with Crippen molar-refractivity contribution in [2.75, 3.05) is 33.3 Å². The van der Waals surface area contributed by atoms with E-state index in [1.165, 1.54) is 0 Å². The van der Waals surface area contributed by atoms with Crippen molar-refractivity contribution in [2.45, 2.75) is 38.7 Å². The molecule has 3 heterocycles. The molecule has 1 spiro atoms. The lowest BCUT2D eigenvalue weighted by molar-refractivity contribution is 0.0193. The second-order valence-electron chi connectivity index (χ2n) is 7.78. The van der Waals surface area contributed by atoms with Gasteiger partial charge in [0.2, 0.25) is 0 Å². The lowest BCUT2D eigenvalue weighted by Gasteiger charge is -2.41. The van der Waals surface area contributed by atoms with Crippen LogP contribution in [0.25, 0.3) is 5.57 Å². The molecule has 0 saturated carbocycles. The number of piperidine rings is 1. The van der Waals surface area contributed by atoms with Crippen LogP contribution in [0.15, 0.2) is 53.5 Å². The Labute approximate surface area is 182 Å². The van der Waals surface area contributed by atoms with E-state index in [1.54, 1.807) is 18.4 Å². The van der Waals surface area contributed by atoms with Crippen molar-refractivity contribution in [2.24, 2.45) is 0 Å². The highest BCUT2D eigenvalue weighted by atomic mass is 32.1. The van der Waals surface area contributed by atoms with E-state index >= 15 is 0 Å². The van der Waals surface area contributed by atoms with Gasteiger partial charge in [-0.15, -0.1) is 11.3 Å². The van der Waals surface area contributed by atoms with E-state index in [2.05, 4.69) is 23.5 Å². The van der Waals surface area contributed by atoms with Gasteiger partial charge in [-0.25, -0.2) is 0 Å². The summed E-state index contributed by atoms with van der Waals surface area (Å²) in [5.41, 5.74) is 1.81. The first-order valence-electron chi connectivity index (χ1n) is 10.8. The smallest absolute Gasteiger partial charge is 0.263 e. The molecule has 1 saturated heterocycles. The zero-order chi connectivity index (χ0) is 21.1. The molecule has 1 aromatic heterocycles. The van der Waals surface area contributed by atoms with Crippen molar-refractivity contribution in [1.29, 1.82) is 0 Å². The van der Waals surface area contributed by atoms with Crippen LogP contribution in [0.3, 0.4) is 0 Å². The molecular formula is C24H30N2O3S. The minimum absolute atomic E-state index is 0.0970. The number of methoxy groups -OCH3 is 1. The fourth-order valence-electron chi connectivity index (χ4n) is 4.35. The Balaban J connectivity index is 1.81. The minimum Gasteiger partial charge on any atom is -0.500 e. The summed E-state index contributed by atoms with van der Waals surface area (Å²) in [7, 11) is 1.72. The number of carbonyl (C=O) groups excluding carboxylic acids is 1. The van der Waals surface area contributed by atoms with Crippen LogP contribution < -0.4 is 5.32 Å². The molecule has 1 fully saturated rings. The van der Waals surface area contributed by atoms with Crippen LogP contribution in [0.4, 0.5) is 0 Å². The summed E-state index contributed by atoms with van der Waals surface area (Å²) in [6.45, 7) is 7.32. The molecule has 0 bridgehead atoms. The molecule has 0 aromatic carbocycles. The highest BCUT2D eigenvalue weighted by Crippen LogP contribution is 2.46. The van der Waals surface area contributed by atoms with Crippen LogP contribution in [-0.2, 0) is 9.47 Å². The second-order valence-corrected chi connectivity index (χ2v) is 8.87. The van der Waals surface area contributed by atoms with Gasteiger partial charge in [-0.2, -0.15) is 0 Å². The van der Waals surface area contributed by atoms with Crippen LogP contribution in [0, 0.1) is 0 Å². The largest absolute Gasteiger partial charge is 0.500 e. The normalized spacial score (nSPS) is 20.1. The minimum atomic E-state index is -0.319. The van der Waals surface area contributed by atoms with Gasteiger partial charge < -0.3 is 19.7 Å². The Morgan fingerprint density at radius 2 is 2.03 bits per heavy atom. The van der Waals surface area contributed by atoms with Crippen molar-refractivity contribution >= 4 is 22.8 Å². The molecule has 30 heavy (non-hydrogen) atoms. The average Bonchev–Trinajstić information content (AvgIpc) is 3.17. The Morgan fingerprint density at radius 3 is 2.73 bits per heavy atom. The van der Waals surface area contributed by atoms with Crippen molar-refractivity contribution in [1.82, 2.24) is 10.2 Å². The van der Waals surface area contributed by atoms with E-state index in [4.69, 9.17) is 9.47 Å². The first-order valence-corrected chi connectivity index (χ1v) is 11.6. The molecule has 2 aliphatic heterocycles. The number of amides is 1. The van der Waals surface area contributed by atoms with Crippen LogP contribution in [0.5, 0.6) is 0 Å². The molecule has 1 amide bonds. The molecule has 1 N–H and O–H groups in total. The number of nitrogens with one attached hydrogen (secondary N) is 1. The van der Waals surface area contributed by atoms with Gasteiger partial charge >= 0.3 is 0 Å². The fraction of sp³-hybridized carbons (Fsp3) is 0.458. The summed E-state index contributed by atoms with van der Waals surface area (Å²) >= 11 is 1.56. The van der Waals surface area contributed by atoms with Gasteiger partial charge in [0.1, 0.15) is 17.1 Å². The van der Waals surface area contributed by atoms with Crippen molar-refractivity contribution in [3.8, 4) is 0 Å². The summed E-state index contributed by atoms with van der Waals surface area (Å²) in [6.07, 6.45) is 11.0. The number of hydrogen-bond donors (Lipinski definition) is 1. The van der Waals surface area contributed by atoms with Crippen molar-refractivity contribution in [3.05, 3.63) is 63.3 Å². The highest BCUT2D eigenvalue weighted by Gasteiger charge is 2.40. The van der Waals surface area contributed by atoms with Gasteiger partial charge in [0, 0.05) is 42.8 Å². The van der Waals surface area contributed by atoms with Gasteiger partial charge in [-0.3, -0.25) is 4.79 Å². The topological polar surface area (TPSA) is 50.8 Å². The fourth-order valence-corrected chi connectivity index (χ4v) is 5.34. The van der Waals surface area contributed by atoms with Crippen molar-refractivity contribution in [3.63, 3.8) is 0 Å². The third kappa shape index (κ3) is 3.86. The van der Waals surface area contributed by atoms with Crippen LogP contribution in [0.1, 0.15) is 47.7 Å². The molecule has 0 unspecified atom stereocenters. The summed E-state index contributed by atoms with van der Waals surface area (Å²) < 4.78 is 12.4. The predicted molar refractivity (Wildman–Crippen MR) is 121 cm³/mol. The number of ether oxygens (including phenoxy) is 2. The van der Waals surface area contributed by atoms with E-state index in [1.807, 2.05) is 37.0 Å². The Bertz CT molecular complexity index is 928. The average molecular weight is 427 g/mol. The monoisotopic (exact) mass is 426 g/mol. The molecule has 0 radical (unpaired) electrons. The number of thiophene rings is 1. The number of rotatable bonds is 5. The van der Waals surface area contributed by atoms with E-state index in [9.17, 15) is 4.79 Å². The number of carbonyl (C=O) groups is 1. The molecular weight excluding hydrogens is 396 g/mol. The van der Waals surface area contributed by atoms with E-state index < -0.39 is 0 Å². The third-order valence-electron chi connectivity index (χ3n) is 6.03. The third-order valence-corrected chi connectivity index (χ3v) is 7.14. The zero-order valence-electron chi connectivity index (χ0n) is 18.0.